The van der Waals surface area contributed by atoms with Crippen LogP contribution in [0.2, 0.25) is 10.0 Å². The monoisotopic (exact) mass is 460 g/mol. The Morgan fingerprint density at radius 2 is 1.87 bits per heavy atom. The van der Waals surface area contributed by atoms with Gasteiger partial charge in [-0.2, -0.15) is 0 Å². The number of amides is 2. The zero-order chi connectivity index (χ0) is 22.4. The number of rotatable bonds is 8. The average molecular weight is 461 g/mol. The summed E-state index contributed by atoms with van der Waals surface area (Å²) in [4.78, 5) is 28.3. The smallest absolute Gasteiger partial charge is 0.243 e. The summed E-state index contributed by atoms with van der Waals surface area (Å²) in [6.45, 7) is 4.35. The normalized spacial score (nSPS) is 15.0. The number of halogens is 2. The van der Waals surface area contributed by atoms with Crippen LogP contribution in [0.25, 0.3) is 0 Å². The molecule has 0 bridgehead atoms. The molecule has 0 saturated heterocycles. The van der Waals surface area contributed by atoms with Crippen molar-refractivity contribution in [1.29, 1.82) is 0 Å². The fraction of sp³-hybridized carbons (Fsp3) is 0.440. The third-order valence-corrected chi connectivity index (χ3v) is 6.47. The second kappa shape index (κ2) is 11.0. The van der Waals surface area contributed by atoms with Crippen LogP contribution < -0.4 is 5.32 Å². The SMILES string of the molecule is CC[C@H](C(=O)NC1CCCC1)N(Cc1cccc(C)c1)C(=O)Cc1ccc(Cl)cc1Cl. The predicted molar refractivity (Wildman–Crippen MR) is 126 cm³/mol. The lowest BCUT2D eigenvalue weighted by molar-refractivity contribution is -0.141. The van der Waals surface area contributed by atoms with Crippen molar-refractivity contribution in [3.8, 4) is 0 Å². The van der Waals surface area contributed by atoms with Crippen LogP contribution in [0.3, 0.4) is 0 Å². The number of hydrogen-bond acceptors (Lipinski definition) is 2. The fourth-order valence-corrected chi connectivity index (χ4v) is 4.70. The van der Waals surface area contributed by atoms with Crippen LogP contribution in [0.1, 0.15) is 55.7 Å². The summed E-state index contributed by atoms with van der Waals surface area (Å²) in [7, 11) is 0. The van der Waals surface area contributed by atoms with Gasteiger partial charge in [0.15, 0.2) is 0 Å². The molecule has 4 nitrogen and oxygen atoms in total. The Hall–Kier alpha value is -2.04. The van der Waals surface area contributed by atoms with Gasteiger partial charge < -0.3 is 10.2 Å². The zero-order valence-electron chi connectivity index (χ0n) is 18.2. The first kappa shape index (κ1) is 23.6. The molecule has 1 N–H and O–H groups in total. The number of benzene rings is 2. The summed E-state index contributed by atoms with van der Waals surface area (Å²) in [6.07, 6.45) is 4.97. The molecule has 6 heteroatoms. The van der Waals surface area contributed by atoms with Crippen LogP contribution in [0, 0.1) is 6.92 Å². The highest BCUT2D eigenvalue weighted by Gasteiger charge is 2.30. The number of nitrogens with zero attached hydrogens (tertiary/aromatic N) is 1. The van der Waals surface area contributed by atoms with Gasteiger partial charge in [-0.15, -0.1) is 0 Å². The van der Waals surface area contributed by atoms with Crippen molar-refractivity contribution >= 4 is 35.0 Å². The van der Waals surface area contributed by atoms with Crippen LogP contribution in [0.15, 0.2) is 42.5 Å². The largest absolute Gasteiger partial charge is 0.352 e. The van der Waals surface area contributed by atoms with E-state index in [4.69, 9.17) is 23.2 Å². The molecule has 1 aliphatic rings. The molecule has 0 heterocycles. The Balaban J connectivity index is 1.84. The first-order valence-electron chi connectivity index (χ1n) is 11.0. The van der Waals surface area contributed by atoms with E-state index in [1.165, 1.54) is 0 Å². The highest BCUT2D eigenvalue weighted by Crippen LogP contribution is 2.24. The molecule has 1 fully saturated rings. The van der Waals surface area contributed by atoms with Crippen LogP contribution in [-0.2, 0) is 22.6 Å². The second-order valence-electron chi connectivity index (χ2n) is 8.34. The summed E-state index contributed by atoms with van der Waals surface area (Å²) >= 11 is 12.3. The van der Waals surface area contributed by atoms with Gasteiger partial charge in [0.2, 0.25) is 11.8 Å². The maximum absolute atomic E-state index is 13.4. The molecule has 0 unspecified atom stereocenters. The van der Waals surface area contributed by atoms with E-state index < -0.39 is 6.04 Å². The Morgan fingerprint density at radius 1 is 1.13 bits per heavy atom. The van der Waals surface area contributed by atoms with Gasteiger partial charge in [-0.05, 0) is 49.4 Å². The van der Waals surface area contributed by atoms with Crippen molar-refractivity contribution in [2.24, 2.45) is 0 Å². The van der Waals surface area contributed by atoms with Crippen molar-refractivity contribution in [3.05, 3.63) is 69.2 Å². The van der Waals surface area contributed by atoms with Crippen molar-refractivity contribution < 1.29 is 9.59 Å². The molecule has 31 heavy (non-hydrogen) atoms. The minimum absolute atomic E-state index is 0.0717. The lowest BCUT2D eigenvalue weighted by Gasteiger charge is -2.32. The van der Waals surface area contributed by atoms with E-state index in [0.29, 0.717) is 28.6 Å². The van der Waals surface area contributed by atoms with Gasteiger partial charge >= 0.3 is 0 Å². The van der Waals surface area contributed by atoms with E-state index in [0.717, 1.165) is 36.8 Å². The number of hydrogen-bond donors (Lipinski definition) is 1. The molecule has 1 atom stereocenters. The Morgan fingerprint density at radius 3 is 2.52 bits per heavy atom. The summed E-state index contributed by atoms with van der Waals surface area (Å²) < 4.78 is 0. The van der Waals surface area contributed by atoms with Crippen LogP contribution in [0.5, 0.6) is 0 Å². The highest BCUT2D eigenvalue weighted by molar-refractivity contribution is 6.35. The molecule has 0 aliphatic heterocycles. The van der Waals surface area contributed by atoms with Gasteiger partial charge in [0.05, 0.1) is 6.42 Å². The molecule has 1 saturated carbocycles. The van der Waals surface area contributed by atoms with Gasteiger partial charge in [0.25, 0.3) is 0 Å². The molecule has 0 spiro atoms. The Bertz CT molecular complexity index is 925. The topological polar surface area (TPSA) is 49.4 Å². The quantitative estimate of drug-likeness (QED) is 0.548. The molecule has 2 amide bonds. The fourth-order valence-electron chi connectivity index (χ4n) is 4.22. The Labute approximate surface area is 194 Å². The molecule has 2 aromatic carbocycles. The molecule has 0 radical (unpaired) electrons. The zero-order valence-corrected chi connectivity index (χ0v) is 19.7. The number of carbonyl (C=O) groups is 2. The van der Waals surface area contributed by atoms with E-state index in [1.54, 1.807) is 23.1 Å². The van der Waals surface area contributed by atoms with Crippen LogP contribution in [-0.4, -0.2) is 28.8 Å². The van der Waals surface area contributed by atoms with E-state index >= 15 is 0 Å². The standard InChI is InChI=1S/C25H30Cl2N2O2/c1-3-23(25(31)28-21-9-4-5-10-21)29(16-18-8-6-7-17(2)13-18)24(30)14-19-11-12-20(26)15-22(19)27/h6-8,11-13,15,21,23H,3-5,9-10,14,16H2,1-2H3,(H,28,31)/t23-/m1/s1. The maximum atomic E-state index is 13.4. The number of aryl methyl sites for hydroxylation is 1. The van der Waals surface area contributed by atoms with Crippen molar-refractivity contribution in [2.75, 3.05) is 0 Å². The number of nitrogens with one attached hydrogen (secondary N) is 1. The van der Waals surface area contributed by atoms with Gasteiger partial charge in [-0.3, -0.25) is 9.59 Å². The summed E-state index contributed by atoms with van der Waals surface area (Å²) in [5.41, 5.74) is 2.83. The van der Waals surface area contributed by atoms with Gasteiger partial charge in [0, 0.05) is 22.6 Å². The first-order chi connectivity index (χ1) is 14.9. The Kier molecular flexibility index (Phi) is 8.39. The summed E-state index contributed by atoms with van der Waals surface area (Å²) in [5, 5.41) is 4.15. The molecule has 0 aromatic heterocycles. The third kappa shape index (κ3) is 6.47. The lowest BCUT2D eigenvalue weighted by atomic mass is 10.1. The lowest BCUT2D eigenvalue weighted by Crippen LogP contribution is -2.51. The third-order valence-electron chi connectivity index (χ3n) is 5.88. The van der Waals surface area contributed by atoms with Crippen LogP contribution in [0.4, 0.5) is 0 Å². The van der Waals surface area contributed by atoms with Gasteiger partial charge in [-0.1, -0.05) is 78.9 Å². The van der Waals surface area contributed by atoms with Gasteiger partial charge in [-0.25, -0.2) is 0 Å². The molecule has 3 rings (SSSR count). The first-order valence-corrected chi connectivity index (χ1v) is 11.7. The predicted octanol–water partition coefficient (Wildman–Crippen LogP) is 5.71. The maximum Gasteiger partial charge on any atom is 0.243 e. The van der Waals surface area contributed by atoms with Crippen molar-refractivity contribution in [3.63, 3.8) is 0 Å². The average Bonchev–Trinajstić information content (AvgIpc) is 3.23. The molecule has 2 aromatic rings. The van der Waals surface area contributed by atoms with E-state index in [-0.39, 0.29) is 24.3 Å². The number of carbonyl (C=O) groups excluding carboxylic acids is 2. The van der Waals surface area contributed by atoms with E-state index in [9.17, 15) is 9.59 Å². The molecular weight excluding hydrogens is 431 g/mol. The van der Waals surface area contributed by atoms with Crippen molar-refractivity contribution in [1.82, 2.24) is 10.2 Å². The molecular formula is C25H30Cl2N2O2. The second-order valence-corrected chi connectivity index (χ2v) is 9.18. The minimum atomic E-state index is -0.528. The molecule has 1 aliphatic carbocycles. The molecule has 166 valence electrons. The van der Waals surface area contributed by atoms with Crippen LogP contribution >= 0.6 is 23.2 Å². The van der Waals surface area contributed by atoms with Crippen molar-refractivity contribution in [2.45, 2.75) is 71.0 Å². The highest BCUT2D eigenvalue weighted by atomic mass is 35.5. The minimum Gasteiger partial charge on any atom is -0.352 e. The van der Waals surface area contributed by atoms with E-state index in [2.05, 4.69) is 11.4 Å². The van der Waals surface area contributed by atoms with Gasteiger partial charge in [0.1, 0.15) is 6.04 Å². The summed E-state index contributed by atoms with van der Waals surface area (Å²) in [5.74, 6) is -0.197. The summed E-state index contributed by atoms with van der Waals surface area (Å²) in [6, 6.07) is 12.9. The van der Waals surface area contributed by atoms with E-state index in [1.807, 2.05) is 32.0 Å².